The summed E-state index contributed by atoms with van der Waals surface area (Å²) in [7, 11) is 4.26. The van der Waals surface area contributed by atoms with Gasteiger partial charge in [-0.2, -0.15) is 0 Å². The third kappa shape index (κ3) is 5.52. The maximum atomic E-state index is 6.31. The van der Waals surface area contributed by atoms with Crippen LogP contribution in [0.1, 0.15) is 36.6 Å². The summed E-state index contributed by atoms with van der Waals surface area (Å²) in [6.45, 7) is 12.1. The van der Waals surface area contributed by atoms with Gasteiger partial charge in [0.15, 0.2) is 0 Å². The van der Waals surface area contributed by atoms with Crippen molar-refractivity contribution in [3.63, 3.8) is 0 Å². The van der Waals surface area contributed by atoms with Crippen molar-refractivity contribution in [2.24, 2.45) is 11.7 Å². The van der Waals surface area contributed by atoms with Gasteiger partial charge in [0.2, 0.25) is 0 Å². The zero-order chi connectivity index (χ0) is 15.3. The molecule has 1 heterocycles. The third-order valence-electron chi connectivity index (χ3n) is 3.38. The molecule has 2 atom stereocenters. The fourth-order valence-electron chi connectivity index (χ4n) is 2.53. The molecule has 116 valence electrons. The largest absolute Gasteiger partial charge is 0.326 e. The predicted molar refractivity (Wildman–Crippen MR) is 90.4 cm³/mol. The summed E-state index contributed by atoms with van der Waals surface area (Å²) in [5.74, 6) is 0.652. The Balaban J connectivity index is 2.91. The highest BCUT2D eigenvalue weighted by molar-refractivity contribution is 7.12. The van der Waals surface area contributed by atoms with E-state index in [-0.39, 0.29) is 6.04 Å². The van der Waals surface area contributed by atoms with Crippen LogP contribution in [0.3, 0.4) is 0 Å². The van der Waals surface area contributed by atoms with Gasteiger partial charge in [-0.25, -0.2) is 0 Å². The molecule has 2 N–H and O–H groups in total. The van der Waals surface area contributed by atoms with E-state index in [0.717, 1.165) is 19.6 Å². The number of nitrogens with two attached hydrogens (primary N) is 1. The Hall–Kier alpha value is -0.420. The first-order valence-corrected chi connectivity index (χ1v) is 8.33. The Morgan fingerprint density at radius 1 is 1.15 bits per heavy atom. The zero-order valence-corrected chi connectivity index (χ0v) is 14.7. The smallest absolute Gasteiger partial charge is 0.0591 e. The number of hydrogen-bond acceptors (Lipinski definition) is 4. The molecule has 0 aliphatic rings. The molecule has 0 spiro atoms. The number of rotatable bonds is 8. The first kappa shape index (κ1) is 17.6. The van der Waals surface area contributed by atoms with Crippen molar-refractivity contribution in [2.45, 2.75) is 39.8 Å². The van der Waals surface area contributed by atoms with Gasteiger partial charge in [0.25, 0.3) is 0 Å². The molecule has 2 unspecified atom stereocenters. The second-order valence-corrected chi connectivity index (χ2v) is 7.76. The van der Waals surface area contributed by atoms with Crippen LogP contribution in [-0.4, -0.2) is 49.6 Å². The molecule has 0 radical (unpaired) electrons. The molecular formula is C16H31N3S. The van der Waals surface area contributed by atoms with Crippen molar-refractivity contribution >= 4 is 11.3 Å². The normalized spacial score (nSPS) is 15.3. The molecule has 0 aliphatic heterocycles. The lowest BCUT2D eigenvalue weighted by Crippen LogP contribution is -2.43. The summed E-state index contributed by atoms with van der Waals surface area (Å²) >= 11 is 1.88. The lowest BCUT2D eigenvalue weighted by Gasteiger charge is -2.35. The van der Waals surface area contributed by atoms with Gasteiger partial charge >= 0.3 is 0 Å². The Kier molecular flexibility index (Phi) is 7.17. The fourth-order valence-corrected chi connectivity index (χ4v) is 3.65. The molecule has 1 aromatic heterocycles. The molecule has 1 rings (SSSR count). The molecular weight excluding hydrogens is 266 g/mol. The topological polar surface area (TPSA) is 32.5 Å². The minimum atomic E-state index is 0.147. The van der Waals surface area contributed by atoms with Crippen LogP contribution < -0.4 is 5.73 Å². The summed E-state index contributed by atoms with van der Waals surface area (Å²) in [6.07, 6.45) is 0. The Morgan fingerprint density at radius 3 is 2.20 bits per heavy atom. The highest BCUT2D eigenvalue weighted by atomic mass is 32.1. The van der Waals surface area contributed by atoms with E-state index in [2.05, 4.69) is 63.7 Å². The third-order valence-corrected chi connectivity index (χ3v) is 4.45. The van der Waals surface area contributed by atoms with E-state index in [0.29, 0.717) is 12.0 Å². The van der Waals surface area contributed by atoms with E-state index in [9.17, 15) is 0 Å². The van der Waals surface area contributed by atoms with Gasteiger partial charge in [0.05, 0.1) is 6.04 Å². The van der Waals surface area contributed by atoms with Gasteiger partial charge < -0.3 is 10.6 Å². The van der Waals surface area contributed by atoms with Crippen LogP contribution in [-0.2, 0) is 0 Å². The SMILES string of the molecule is Cc1ccc(C(C(C)N)N(CCN(C)C)CC(C)C)s1. The molecule has 0 aliphatic carbocycles. The second-order valence-electron chi connectivity index (χ2n) is 6.44. The standard InChI is InChI=1S/C16H31N3S/c1-12(2)11-19(10-9-18(5)6)16(14(4)17)15-8-7-13(3)20-15/h7-8,12,14,16H,9-11,17H2,1-6H3. The molecule has 0 aromatic carbocycles. The summed E-state index contributed by atoms with van der Waals surface area (Å²) in [4.78, 5) is 7.56. The molecule has 0 bridgehead atoms. The number of nitrogens with zero attached hydrogens (tertiary/aromatic N) is 2. The quantitative estimate of drug-likeness (QED) is 0.801. The molecule has 0 saturated carbocycles. The van der Waals surface area contributed by atoms with Crippen molar-refractivity contribution in [2.75, 3.05) is 33.7 Å². The number of aryl methyl sites for hydroxylation is 1. The average Bonchev–Trinajstić information content (AvgIpc) is 2.71. The Labute approximate surface area is 128 Å². The van der Waals surface area contributed by atoms with E-state index in [1.165, 1.54) is 9.75 Å². The van der Waals surface area contributed by atoms with E-state index in [1.807, 2.05) is 11.3 Å². The highest BCUT2D eigenvalue weighted by Crippen LogP contribution is 2.30. The minimum Gasteiger partial charge on any atom is -0.326 e. The summed E-state index contributed by atoms with van der Waals surface area (Å²) in [6, 6.07) is 4.93. The fraction of sp³-hybridized carbons (Fsp3) is 0.750. The highest BCUT2D eigenvalue weighted by Gasteiger charge is 2.25. The molecule has 0 amide bonds. The van der Waals surface area contributed by atoms with E-state index < -0.39 is 0 Å². The summed E-state index contributed by atoms with van der Waals surface area (Å²) in [5.41, 5.74) is 6.31. The second kappa shape index (κ2) is 8.13. The van der Waals surface area contributed by atoms with Gasteiger partial charge in [-0.3, -0.25) is 4.90 Å². The van der Waals surface area contributed by atoms with Crippen molar-refractivity contribution in [3.8, 4) is 0 Å². The Bertz CT molecular complexity index is 385. The average molecular weight is 298 g/mol. The van der Waals surface area contributed by atoms with E-state index >= 15 is 0 Å². The molecule has 4 heteroatoms. The first-order valence-electron chi connectivity index (χ1n) is 7.52. The monoisotopic (exact) mass is 297 g/mol. The van der Waals surface area contributed by atoms with Crippen molar-refractivity contribution in [1.82, 2.24) is 9.80 Å². The van der Waals surface area contributed by atoms with Crippen LogP contribution in [0.15, 0.2) is 12.1 Å². The van der Waals surface area contributed by atoms with E-state index in [4.69, 9.17) is 5.73 Å². The first-order chi connectivity index (χ1) is 9.31. The van der Waals surface area contributed by atoms with Crippen LogP contribution in [0.5, 0.6) is 0 Å². The maximum Gasteiger partial charge on any atom is 0.0591 e. The van der Waals surface area contributed by atoms with Crippen molar-refractivity contribution in [3.05, 3.63) is 21.9 Å². The Morgan fingerprint density at radius 2 is 1.80 bits per heavy atom. The van der Waals surface area contributed by atoms with Crippen molar-refractivity contribution < 1.29 is 0 Å². The lowest BCUT2D eigenvalue weighted by atomic mass is 10.0. The van der Waals surface area contributed by atoms with Gasteiger partial charge in [0, 0.05) is 35.4 Å². The number of likely N-dealkylation sites (N-methyl/N-ethyl adjacent to an activating group) is 1. The maximum absolute atomic E-state index is 6.31. The molecule has 0 saturated heterocycles. The van der Waals surface area contributed by atoms with Crippen LogP contribution in [0, 0.1) is 12.8 Å². The van der Waals surface area contributed by atoms with Gasteiger partial charge in [-0.1, -0.05) is 13.8 Å². The summed E-state index contributed by atoms with van der Waals surface area (Å²) < 4.78 is 0. The molecule has 3 nitrogen and oxygen atoms in total. The van der Waals surface area contributed by atoms with Crippen molar-refractivity contribution in [1.29, 1.82) is 0 Å². The predicted octanol–water partition coefficient (Wildman–Crippen LogP) is 2.96. The lowest BCUT2D eigenvalue weighted by molar-refractivity contribution is 0.146. The van der Waals surface area contributed by atoms with Gasteiger partial charge in [-0.15, -0.1) is 11.3 Å². The van der Waals surface area contributed by atoms with E-state index in [1.54, 1.807) is 0 Å². The van der Waals surface area contributed by atoms with Crippen LogP contribution in [0.25, 0.3) is 0 Å². The van der Waals surface area contributed by atoms with Crippen LogP contribution in [0.4, 0.5) is 0 Å². The number of hydrogen-bond donors (Lipinski definition) is 1. The molecule has 0 fully saturated rings. The van der Waals surface area contributed by atoms with Gasteiger partial charge in [-0.05, 0) is 46.0 Å². The molecule has 20 heavy (non-hydrogen) atoms. The minimum absolute atomic E-state index is 0.147. The van der Waals surface area contributed by atoms with Crippen LogP contribution in [0.2, 0.25) is 0 Å². The number of thiophene rings is 1. The zero-order valence-electron chi connectivity index (χ0n) is 13.9. The van der Waals surface area contributed by atoms with Crippen LogP contribution >= 0.6 is 11.3 Å². The van der Waals surface area contributed by atoms with Gasteiger partial charge in [0.1, 0.15) is 0 Å². The molecule has 1 aromatic rings. The summed E-state index contributed by atoms with van der Waals surface area (Å²) in [5, 5.41) is 0.